The molecule has 0 unspecified atom stereocenters. The minimum Gasteiger partial charge on any atom is -0.465 e. The largest absolute Gasteiger partial charge is 0.465 e. The van der Waals surface area contributed by atoms with Crippen molar-refractivity contribution in [3.8, 4) is 0 Å². The number of nitrogens with zero attached hydrogens (tertiary/aromatic N) is 5. The first-order valence-corrected chi connectivity index (χ1v) is 8.17. The number of esters is 1. The van der Waals surface area contributed by atoms with Crippen LogP contribution in [0.25, 0.3) is 15.9 Å². The average molecular weight is 335 g/mol. The Morgan fingerprint density at radius 1 is 1.43 bits per heavy atom. The molecule has 3 aromatic heterocycles. The van der Waals surface area contributed by atoms with Crippen molar-refractivity contribution in [1.29, 1.82) is 0 Å². The minimum atomic E-state index is -0.483. The highest BCUT2D eigenvalue weighted by Crippen LogP contribution is 2.24. The second kappa shape index (κ2) is 5.99. The molecule has 0 radical (unpaired) electrons. The first-order valence-electron chi connectivity index (χ1n) is 7.29. The summed E-state index contributed by atoms with van der Waals surface area (Å²) < 4.78 is 8.71. The number of rotatable bonds is 5. The molecule has 3 heterocycles. The number of thiazole rings is 1. The van der Waals surface area contributed by atoms with Gasteiger partial charge in [-0.05, 0) is 19.9 Å². The summed E-state index contributed by atoms with van der Waals surface area (Å²) in [5, 5.41) is 4.35. The molecule has 122 valence electrons. The van der Waals surface area contributed by atoms with Crippen LogP contribution in [0, 0.1) is 0 Å². The molecule has 0 bridgehead atoms. The number of anilines is 1. The predicted octanol–water partition coefficient (Wildman–Crippen LogP) is 1.12. The average Bonchev–Trinajstić information content (AvgIpc) is 3.10. The molecule has 0 amide bonds. The maximum absolute atomic E-state index is 12.6. The molecule has 0 aromatic carbocycles. The van der Waals surface area contributed by atoms with E-state index in [-0.39, 0.29) is 18.7 Å². The molecule has 0 saturated heterocycles. The van der Waals surface area contributed by atoms with Crippen LogP contribution in [0.4, 0.5) is 5.95 Å². The van der Waals surface area contributed by atoms with Gasteiger partial charge in [0.25, 0.3) is 5.56 Å². The molecule has 3 aromatic rings. The summed E-state index contributed by atoms with van der Waals surface area (Å²) in [5.74, 6) is 0.0790. The molecule has 8 nitrogen and oxygen atoms in total. The van der Waals surface area contributed by atoms with Gasteiger partial charge in [-0.25, -0.2) is 9.67 Å². The SMILES string of the molecule is CCOC(=O)Cn1nc(N(C)CC)n2c(cc3scnc32)c1=O. The van der Waals surface area contributed by atoms with Crippen molar-refractivity contribution in [2.24, 2.45) is 0 Å². The van der Waals surface area contributed by atoms with Crippen molar-refractivity contribution in [2.75, 3.05) is 25.1 Å². The van der Waals surface area contributed by atoms with Crippen molar-refractivity contribution in [1.82, 2.24) is 19.2 Å². The van der Waals surface area contributed by atoms with E-state index in [1.165, 1.54) is 11.3 Å². The smallest absolute Gasteiger partial charge is 0.327 e. The Balaban J connectivity index is 2.25. The summed E-state index contributed by atoms with van der Waals surface area (Å²) in [4.78, 5) is 30.6. The van der Waals surface area contributed by atoms with Crippen molar-refractivity contribution < 1.29 is 9.53 Å². The van der Waals surface area contributed by atoms with Crippen LogP contribution in [-0.4, -0.2) is 45.3 Å². The van der Waals surface area contributed by atoms with Crippen molar-refractivity contribution >= 4 is 39.1 Å². The van der Waals surface area contributed by atoms with E-state index in [9.17, 15) is 9.59 Å². The Labute approximate surface area is 135 Å². The van der Waals surface area contributed by atoms with Gasteiger partial charge in [0.1, 0.15) is 12.1 Å². The van der Waals surface area contributed by atoms with E-state index < -0.39 is 5.97 Å². The first kappa shape index (κ1) is 15.5. The van der Waals surface area contributed by atoms with Gasteiger partial charge in [0, 0.05) is 13.6 Å². The summed E-state index contributed by atoms with van der Waals surface area (Å²) in [6, 6.07) is 1.78. The second-order valence-electron chi connectivity index (χ2n) is 4.99. The Morgan fingerprint density at radius 3 is 2.91 bits per heavy atom. The van der Waals surface area contributed by atoms with Crippen LogP contribution in [0.1, 0.15) is 13.8 Å². The van der Waals surface area contributed by atoms with Gasteiger partial charge in [-0.2, -0.15) is 0 Å². The van der Waals surface area contributed by atoms with Crippen LogP contribution in [0.3, 0.4) is 0 Å². The molecule has 0 aliphatic rings. The fourth-order valence-electron chi connectivity index (χ4n) is 2.33. The van der Waals surface area contributed by atoms with E-state index in [1.54, 1.807) is 22.9 Å². The molecule has 0 atom stereocenters. The van der Waals surface area contributed by atoms with Gasteiger partial charge < -0.3 is 9.64 Å². The Bertz CT molecular complexity index is 926. The van der Waals surface area contributed by atoms with Crippen LogP contribution in [0.5, 0.6) is 0 Å². The quantitative estimate of drug-likeness (QED) is 0.650. The Hall–Kier alpha value is -2.42. The number of aromatic nitrogens is 4. The highest BCUT2D eigenvalue weighted by molar-refractivity contribution is 7.16. The third-order valence-electron chi connectivity index (χ3n) is 3.56. The van der Waals surface area contributed by atoms with Crippen LogP contribution < -0.4 is 10.5 Å². The van der Waals surface area contributed by atoms with Gasteiger partial charge in [0.15, 0.2) is 5.65 Å². The number of carbonyl (C=O) groups excluding carboxylic acids is 1. The van der Waals surface area contributed by atoms with E-state index in [2.05, 4.69) is 10.1 Å². The third-order valence-corrected chi connectivity index (χ3v) is 4.32. The summed E-state index contributed by atoms with van der Waals surface area (Å²) in [6.07, 6.45) is 0. The van der Waals surface area contributed by atoms with Gasteiger partial charge in [-0.15, -0.1) is 16.4 Å². The van der Waals surface area contributed by atoms with Gasteiger partial charge in [0.05, 0.1) is 16.8 Å². The lowest BCUT2D eigenvalue weighted by atomic mass is 10.5. The van der Waals surface area contributed by atoms with E-state index in [4.69, 9.17) is 4.74 Å². The zero-order chi connectivity index (χ0) is 16.6. The monoisotopic (exact) mass is 335 g/mol. The zero-order valence-electron chi connectivity index (χ0n) is 13.1. The zero-order valence-corrected chi connectivity index (χ0v) is 14.0. The van der Waals surface area contributed by atoms with Gasteiger partial charge in [0.2, 0.25) is 5.95 Å². The molecule has 9 heteroatoms. The predicted molar refractivity (Wildman–Crippen MR) is 88.2 cm³/mol. The van der Waals surface area contributed by atoms with Crippen LogP contribution in [0.2, 0.25) is 0 Å². The molecule has 0 aliphatic carbocycles. The fraction of sp³-hybridized carbons (Fsp3) is 0.429. The van der Waals surface area contributed by atoms with E-state index in [0.717, 1.165) is 9.38 Å². The second-order valence-corrected chi connectivity index (χ2v) is 5.87. The van der Waals surface area contributed by atoms with Crippen molar-refractivity contribution in [3.05, 3.63) is 21.9 Å². The molecule has 0 N–H and O–H groups in total. The molecule has 0 spiro atoms. The Morgan fingerprint density at radius 2 is 2.22 bits per heavy atom. The van der Waals surface area contributed by atoms with Gasteiger partial charge >= 0.3 is 5.97 Å². The molecule has 3 rings (SSSR count). The maximum atomic E-state index is 12.6. The molecule has 23 heavy (non-hydrogen) atoms. The molecular weight excluding hydrogens is 318 g/mol. The lowest BCUT2D eigenvalue weighted by molar-refractivity contribution is -0.144. The molecule has 0 aliphatic heterocycles. The van der Waals surface area contributed by atoms with Gasteiger partial charge in [-0.1, -0.05) is 0 Å². The Kier molecular flexibility index (Phi) is 4.03. The first-order chi connectivity index (χ1) is 11.1. The highest BCUT2D eigenvalue weighted by atomic mass is 32.1. The number of hydrogen-bond acceptors (Lipinski definition) is 7. The number of carbonyl (C=O) groups is 1. The lowest BCUT2D eigenvalue weighted by Crippen LogP contribution is -2.33. The maximum Gasteiger partial charge on any atom is 0.327 e. The summed E-state index contributed by atoms with van der Waals surface area (Å²) >= 11 is 1.46. The van der Waals surface area contributed by atoms with Crippen LogP contribution >= 0.6 is 11.3 Å². The van der Waals surface area contributed by atoms with Crippen molar-refractivity contribution in [2.45, 2.75) is 20.4 Å². The standard InChI is InChI=1S/C14H17N5O3S/c1-4-17(3)14-16-18(7-11(20)22-5-2)13(21)9-6-10-12(19(9)14)15-8-23-10/h6,8H,4-5,7H2,1-3H3. The van der Waals surface area contributed by atoms with E-state index in [0.29, 0.717) is 23.7 Å². The van der Waals surface area contributed by atoms with Crippen molar-refractivity contribution in [3.63, 3.8) is 0 Å². The molecule has 0 fully saturated rings. The lowest BCUT2D eigenvalue weighted by Gasteiger charge is -2.18. The highest BCUT2D eigenvalue weighted by Gasteiger charge is 2.19. The summed E-state index contributed by atoms with van der Waals surface area (Å²) in [7, 11) is 1.87. The third kappa shape index (κ3) is 2.56. The minimum absolute atomic E-state index is 0.208. The topological polar surface area (TPSA) is 81.7 Å². The molecular formula is C14H17N5O3S. The van der Waals surface area contributed by atoms with Crippen LogP contribution in [0.15, 0.2) is 16.4 Å². The number of ether oxygens (including phenoxy) is 1. The van der Waals surface area contributed by atoms with Crippen LogP contribution in [-0.2, 0) is 16.1 Å². The summed E-state index contributed by atoms with van der Waals surface area (Å²) in [6.45, 7) is 4.46. The fourth-order valence-corrected chi connectivity index (χ4v) is 3.03. The van der Waals surface area contributed by atoms with E-state index in [1.807, 2.05) is 18.9 Å². The normalized spacial score (nSPS) is 11.3. The molecule has 0 saturated carbocycles. The summed E-state index contributed by atoms with van der Waals surface area (Å²) in [5.41, 5.74) is 2.55. The number of hydrogen-bond donors (Lipinski definition) is 0. The van der Waals surface area contributed by atoms with E-state index >= 15 is 0 Å². The van der Waals surface area contributed by atoms with Gasteiger partial charge in [-0.3, -0.25) is 14.0 Å². The number of fused-ring (bicyclic) bond motifs is 3.